The Kier molecular flexibility index (Phi) is 3.41. The number of carbonyl (C=O) groups is 1. The summed E-state index contributed by atoms with van der Waals surface area (Å²) in [5.41, 5.74) is -1.37. The Morgan fingerprint density at radius 2 is 1.64 bits per heavy atom. The van der Waals surface area contributed by atoms with Crippen molar-refractivity contribution in [2.24, 2.45) is 28.6 Å². The van der Waals surface area contributed by atoms with Crippen molar-refractivity contribution in [1.29, 1.82) is 0 Å². The van der Waals surface area contributed by atoms with Crippen molar-refractivity contribution in [2.75, 3.05) is 13.2 Å². The molecule has 2 spiro atoms. The van der Waals surface area contributed by atoms with Crippen LogP contribution in [-0.4, -0.2) is 47.2 Å². The zero-order valence-corrected chi connectivity index (χ0v) is 17.5. The van der Waals surface area contributed by atoms with Crippen LogP contribution in [0.15, 0.2) is 0 Å². The van der Waals surface area contributed by atoms with Gasteiger partial charge in [0.1, 0.15) is 11.2 Å². The first-order chi connectivity index (χ1) is 13.2. The lowest BCUT2D eigenvalue weighted by Gasteiger charge is -2.61. The van der Waals surface area contributed by atoms with Gasteiger partial charge in [-0.05, 0) is 63.2 Å². The van der Waals surface area contributed by atoms with E-state index < -0.39 is 11.4 Å². The molecular weight excluding hydrogens is 356 g/mol. The maximum Gasteiger partial charge on any atom is 0.169 e. The van der Waals surface area contributed by atoms with Crippen molar-refractivity contribution in [2.45, 2.75) is 95.2 Å². The minimum Gasteiger partial charge on any atom is -0.382 e. The van der Waals surface area contributed by atoms with Crippen molar-refractivity contribution in [3.63, 3.8) is 0 Å². The third-order valence-electron chi connectivity index (χ3n) is 10.6. The first kappa shape index (κ1) is 18.3. The molecule has 0 aromatic carbocycles. The fraction of sp³-hybridized carbons (Fsp3) is 0.957. The standard InChI is InChI=1S/C23H34O5/c1-14(24)22(25)7-5-16-15-12-18-23(28-18)9-8-21(26-10-11-27-21)13-20(23,3)17(15)4-6-19(16,22)2/h15-18,25H,4-13H2,1-3H3/t15?,16?,17?,18?,19-,20+,22-,23?/m0/s1. The predicted molar refractivity (Wildman–Crippen MR) is 101 cm³/mol. The molecule has 6 fully saturated rings. The van der Waals surface area contributed by atoms with Crippen LogP contribution in [0.5, 0.6) is 0 Å². The second-order valence-corrected chi connectivity index (χ2v) is 11.2. The molecule has 8 atom stereocenters. The van der Waals surface area contributed by atoms with Crippen LogP contribution in [0.4, 0.5) is 0 Å². The summed E-state index contributed by atoms with van der Waals surface area (Å²) in [6, 6.07) is 0. The fourth-order valence-electron chi connectivity index (χ4n) is 9.08. The molecule has 156 valence electrons. The smallest absolute Gasteiger partial charge is 0.169 e. The van der Waals surface area contributed by atoms with Crippen LogP contribution in [0.25, 0.3) is 0 Å². The van der Waals surface area contributed by atoms with E-state index in [1.165, 1.54) is 0 Å². The van der Waals surface area contributed by atoms with Gasteiger partial charge in [0, 0.05) is 23.7 Å². The lowest BCUT2D eigenvalue weighted by molar-refractivity contribution is -0.237. The highest BCUT2D eigenvalue weighted by Crippen LogP contribution is 2.75. The lowest BCUT2D eigenvalue weighted by atomic mass is 9.43. The van der Waals surface area contributed by atoms with E-state index >= 15 is 0 Å². The van der Waals surface area contributed by atoms with E-state index in [2.05, 4.69) is 13.8 Å². The number of hydrogen-bond acceptors (Lipinski definition) is 5. The normalized spacial score (nSPS) is 58.6. The van der Waals surface area contributed by atoms with Crippen LogP contribution in [0.2, 0.25) is 0 Å². The van der Waals surface area contributed by atoms with Gasteiger partial charge in [0.2, 0.25) is 0 Å². The van der Waals surface area contributed by atoms with Gasteiger partial charge in [-0.2, -0.15) is 0 Å². The highest BCUT2D eigenvalue weighted by atomic mass is 16.7. The molecule has 6 rings (SSSR count). The number of aliphatic hydroxyl groups is 1. The highest BCUT2D eigenvalue weighted by Gasteiger charge is 2.78. The van der Waals surface area contributed by atoms with Gasteiger partial charge in [-0.25, -0.2) is 0 Å². The molecule has 2 aliphatic heterocycles. The average molecular weight is 391 g/mol. The molecule has 0 aromatic rings. The monoisotopic (exact) mass is 390 g/mol. The van der Waals surface area contributed by atoms with Gasteiger partial charge in [-0.3, -0.25) is 4.79 Å². The molecule has 0 bridgehead atoms. The third kappa shape index (κ3) is 1.87. The molecule has 2 heterocycles. The predicted octanol–water partition coefficient (Wildman–Crippen LogP) is 3.22. The van der Waals surface area contributed by atoms with E-state index in [9.17, 15) is 9.90 Å². The second kappa shape index (κ2) is 5.22. The summed E-state index contributed by atoms with van der Waals surface area (Å²) >= 11 is 0. The Morgan fingerprint density at radius 3 is 2.36 bits per heavy atom. The topological polar surface area (TPSA) is 68.3 Å². The highest BCUT2D eigenvalue weighted by molar-refractivity contribution is 5.86. The van der Waals surface area contributed by atoms with Crippen molar-refractivity contribution < 1.29 is 24.1 Å². The molecule has 5 heteroatoms. The number of carbonyl (C=O) groups excluding carboxylic acids is 1. The van der Waals surface area contributed by atoms with Crippen LogP contribution in [0.3, 0.4) is 0 Å². The molecule has 28 heavy (non-hydrogen) atoms. The molecule has 6 aliphatic rings. The van der Waals surface area contributed by atoms with Gasteiger partial charge in [-0.1, -0.05) is 13.8 Å². The molecule has 0 aromatic heterocycles. The maximum atomic E-state index is 12.4. The molecule has 0 amide bonds. The van der Waals surface area contributed by atoms with E-state index in [0.29, 0.717) is 43.5 Å². The van der Waals surface area contributed by atoms with Crippen LogP contribution in [0.1, 0.15) is 72.1 Å². The number of fused-ring (bicyclic) bond motifs is 4. The number of rotatable bonds is 1. The Bertz CT molecular complexity index is 731. The average Bonchev–Trinajstić information content (AvgIpc) is 3.05. The Morgan fingerprint density at radius 1 is 0.964 bits per heavy atom. The molecule has 1 N–H and O–H groups in total. The summed E-state index contributed by atoms with van der Waals surface area (Å²) in [4.78, 5) is 12.4. The molecular formula is C23H34O5. The van der Waals surface area contributed by atoms with Crippen molar-refractivity contribution in [3.8, 4) is 0 Å². The van der Waals surface area contributed by atoms with Gasteiger partial charge < -0.3 is 19.3 Å². The second-order valence-electron chi connectivity index (χ2n) is 11.2. The largest absolute Gasteiger partial charge is 0.382 e. The van der Waals surface area contributed by atoms with Crippen molar-refractivity contribution >= 4 is 5.78 Å². The van der Waals surface area contributed by atoms with Gasteiger partial charge >= 0.3 is 0 Å². The molecule has 0 radical (unpaired) electrons. The van der Waals surface area contributed by atoms with Crippen LogP contribution in [-0.2, 0) is 19.0 Å². The maximum absolute atomic E-state index is 12.4. The van der Waals surface area contributed by atoms with E-state index in [0.717, 1.165) is 44.9 Å². The summed E-state index contributed by atoms with van der Waals surface area (Å²) in [5.74, 6) is 1.04. The van der Waals surface area contributed by atoms with Gasteiger partial charge in [-0.15, -0.1) is 0 Å². The van der Waals surface area contributed by atoms with E-state index in [-0.39, 0.29) is 22.2 Å². The van der Waals surface area contributed by atoms with Crippen molar-refractivity contribution in [1.82, 2.24) is 0 Å². The van der Waals surface area contributed by atoms with Gasteiger partial charge in [0.05, 0.1) is 19.3 Å². The van der Waals surface area contributed by atoms with E-state index in [1.807, 2.05) is 0 Å². The number of Topliss-reactive ketones (excluding diaryl/α,β-unsaturated/α-hetero) is 1. The Hall–Kier alpha value is -0.490. The zero-order chi connectivity index (χ0) is 19.6. The first-order valence-corrected chi connectivity index (χ1v) is 11.4. The van der Waals surface area contributed by atoms with Crippen LogP contribution >= 0.6 is 0 Å². The fourth-order valence-corrected chi connectivity index (χ4v) is 9.08. The van der Waals surface area contributed by atoms with Crippen LogP contribution in [0, 0.1) is 28.6 Å². The minimum atomic E-state index is -1.14. The molecule has 2 saturated heterocycles. The van der Waals surface area contributed by atoms with E-state index in [1.54, 1.807) is 6.92 Å². The van der Waals surface area contributed by atoms with Gasteiger partial charge in [0.15, 0.2) is 11.6 Å². The number of ketones is 1. The van der Waals surface area contributed by atoms with Crippen molar-refractivity contribution in [3.05, 3.63) is 0 Å². The molecule has 5 unspecified atom stereocenters. The summed E-state index contributed by atoms with van der Waals surface area (Å²) in [5, 5.41) is 11.3. The lowest BCUT2D eigenvalue weighted by Crippen LogP contribution is -2.63. The third-order valence-corrected chi connectivity index (χ3v) is 10.6. The SMILES string of the molecule is CC(=O)[C@@]1(O)CCC2C3CC4OC45CCC4(C[C@]5(C)C3CC[C@@]21C)OCCO4. The van der Waals surface area contributed by atoms with Gasteiger partial charge in [0.25, 0.3) is 0 Å². The summed E-state index contributed by atoms with van der Waals surface area (Å²) < 4.78 is 18.8. The summed E-state index contributed by atoms with van der Waals surface area (Å²) in [6.45, 7) is 7.61. The van der Waals surface area contributed by atoms with E-state index in [4.69, 9.17) is 14.2 Å². The Labute approximate surface area is 167 Å². The molecule has 5 nitrogen and oxygen atoms in total. The summed E-state index contributed by atoms with van der Waals surface area (Å²) in [7, 11) is 0. The Balaban J connectivity index is 1.37. The number of epoxide rings is 1. The molecule has 4 aliphatic carbocycles. The quantitative estimate of drug-likeness (QED) is 0.696. The number of hydrogen-bond donors (Lipinski definition) is 1. The first-order valence-electron chi connectivity index (χ1n) is 11.4. The number of ether oxygens (including phenoxy) is 3. The van der Waals surface area contributed by atoms with Crippen LogP contribution < -0.4 is 0 Å². The summed E-state index contributed by atoms with van der Waals surface area (Å²) in [6.07, 6.45) is 7.93. The zero-order valence-electron chi connectivity index (χ0n) is 17.5. The molecule has 4 saturated carbocycles. The minimum absolute atomic E-state index is 0.0119.